The van der Waals surface area contributed by atoms with Gasteiger partial charge in [0.1, 0.15) is 12.2 Å². The molecule has 0 aliphatic carbocycles. The van der Waals surface area contributed by atoms with E-state index in [1.54, 1.807) is 17.0 Å². The Morgan fingerprint density at radius 1 is 1.33 bits per heavy atom. The lowest BCUT2D eigenvalue weighted by Crippen LogP contribution is -2.33. The van der Waals surface area contributed by atoms with Gasteiger partial charge >= 0.3 is 5.82 Å². The maximum absolute atomic E-state index is 12.8. The highest BCUT2D eigenvalue weighted by molar-refractivity contribution is 9.10. The molecule has 10 heteroatoms. The maximum Gasteiger partial charge on any atom is 0.368 e. The zero-order valence-electron chi connectivity index (χ0n) is 14.3. The number of carbonyl (C=O) groups excluding carboxylic acids is 1. The molecule has 138 valence electrons. The first-order chi connectivity index (χ1) is 12.9. The first kappa shape index (κ1) is 17.4. The molecule has 1 aromatic carbocycles. The molecule has 1 aliphatic rings. The van der Waals surface area contributed by atoms with Crippen LogP contribution in [0.5, 0.6) is 0 Å². The molecule has 1 amide bonds. The molecule has 3 aromatic rings. The van der Waals surface area contributed by atoms with Gasteiger partial charge in [-0.25, -0.2) is 4.98 Å². The summed E-state index contributed by atoms with van der Waals surface area (Å²) in [7, 11) is 0. The molecule has 3 heterocycles. The van der Waals surface area contributed by atoms with E-state index in [0.29, 0.717) is 24.4 Å². The van der Waals surface area contributed by atoms with Crippen LogP contribution >= 0.6 is 15.9 Å². The molecule has 1 saturated heterocycles. The van der Waals surface area contributed by atoms with Crippen LogP contribution in [0.25, 0.3) is 5.65 Å². The number of nitrogens with zero attached hydrogens (tertiary/aromatic N) is 5. The van der Waals surface area contributed by atoms with Gasteiger partial charge in [-0.2, -0.15) is 0 Å². The summed E-state index contributed by atoms with van der Waals surface area (Å²) in [6.45, 7) is 2.56. The van der Waals surface area contributed by atoms with E-state index in [9.17, 15) is 14.9 Å². The van der Waals surface area contributed by atoms with Crippen LogP contribution in [-0.4, -0.2) is 38.0 Å². The zero-order valence-corrected chi connectivity index (χ0v) is 15.9. The number of benzene rings is 1. The van der Waals surface area contributed by atoms with Gasteiger partial charge in [-0.15, -0.1) is 0 Å². The molecule has 1 aliphatic heterocycles. The van der Waals surface area contributed by atoms with Crippen LogP contribution in [0.4, 0.5) is 17.3 Å². The van der Waals surface area contributed by atoms with Gasteiger partial charge in [-0.05, 0) is 48.1 Å². The minimum absolute atomic E-state index is 0.0567. The molecule has 0 bridgehead atoms. The summed E-state index contributed by atoms with van der Waals surface area (Å²) < 4.78 is 2.14. The Morgan fingerprint density at radius 2 is 2.15 bits per heavy atom. The smallest absolute Gasteiger partial charge is 0.358 e. The standard InChI is InChI=1S/C17H15BrN6O3/c1-10-8-11(2-3-12(10)18)22-7-6-13(17(22)25)20-14-4-5-15-19-9-16(24(26)27)23(15)21-14/h2-5,8-9,13H,6-7H2,1H3,(H,20,21). The van der Waals surface area contributed by atoms with Gasteiger partial charge in [-0.1, -0.05) is 25.5 Å². The van der Waals surface area contributed by atoms with Gasteiger partial charge in [0.05, 0.1) is 0 Å². The quantitative estimate of drug-likeness (QED) is 0.503. The Bertz CT molecular complexity index is 1070. The fourth-order valence-electron chi connectivity index (χ4n) is 3.11. The van der Waals surface area contributed by atoms with Gasteiger partial charge in [0.2, 0.25) is 11.6 Å². The number of nitrogens with one attached hydrogen (secondary N) is 1. The van der Waals surface area contributed by atoms with Crippen molar-refractivity contribution in [1.29, 1.82) is 0 Å². The topological polar surface area (TPSA) is 106 Å². The second-order valence-corrected chi connectivity index (χ2v) is 7.13. The predicted molar refractivity (Wildman–Crippen MR) is 103 cm³/mol. The Balaban J connectivity index is 1.56. The van der Waals surface area contributed by atoms with Gasteiger partial charge in [0.15, 0.2) is 5.82 Å². The average Bonchev–Trinajstić information content (AvgIpc) is 3.21. The summed E-state index contributed by atoms with van der Waals surface area (Å²) in [5.41, 5.74) is 2.27. The number of anilines is 2. The summed E-state index contributed by atoms with van der Waals surface area (Å²) in [6, 6.07) is 8.62. The molecule has 0 spiro atoms. The lowest BCUT2D eigenvalue weighted by atomic mass is 10.2. The number of carbonyl (C=O) groups is 1. The molecular weight excluding hydrogens is 416 g/mol. The van der Waals surface area contributed by atoms with Crippen molar-refractivity contribution in [2.24, 2.45) is 0 Å². The fourth-order valence-corrected chi connectivity index (χ4v) is 3.35. The van der Waals surface area contributed by atoms with Crippen LogP contribution in [0, 0.1) is 17.0 Å². The molecular formula is C17H15BrN6O3. The van der Waals surface area contributed by atoms with Gasteiger partial charge in [-0.3, -0.25) is 4.79 Å². The summed E-state index contributed by atoms with van der Waals surface area (Å²) >= 11 is 3.46. The molecule has 2 aromatic heterocycles. The van der Waals surface area contributed by atoms with Gasteiger partial charge < -0.3 is 20.3 Å². The summed E-state index contributed by atoms with van der Waals surface area (Å²) in [4.78, 5) is 29.0. The van der Waals surface area contributed by atoms with E-state index in [1.165, 1.54) is 0 Å². The van der Waals surface area contributed by atoms with Crippen LogP contribution in [0.3, 0.4) is 0 Å². The minimum Gasteiger partial charge on any atom is -0.358 e. The van der Waals surface area contributed by atoms with E-state index in [2.05, 4.69) is 31.3 Å². The number of amides is 1. The Hall–Kier alpha value is -3.01. The van der Waals surface area contributed by atoms with Crippen LogP contribution in [0.2, 0.25) is 0 Å². The second kappa shape index (κ2) is 6.62. The Morgan fingerprint density at radius 3 is 2.89 bits per heavy atom. The third-order valence-electron chi connectivity index (χ3n) is 4.51. The third-order valence-corrected chi connectivity index (χ3v) is 5.40. The lowest BCUT2D eigenvalue weighted by molar-refractivity contribution is -0.391. The maximum atomic E-state index is 12.8. The van der Waals surface area contributed by atoms with Crippen molar-refractivity contribution in [3.8, 4) is 0 Å². The van der Waals surface area contributed by atoms with E-state index in [1.807, 2.05) is 25.1 Å². The first-order valence-corrected chi connectivity index (χ1v) is 9.06. The van der Waals surface area contributed by atoms with Crippen molar-refractivity contribution in [1.82, 2.24) is 14.6 Å². The third kappa shape index (κ3) is 3.12. The monoisotopic (exact) mass is 430 g/mol. The van der Waals surface area contributed by atoms with Gasteiger partial charge in [0, 0.05) is 22.8 Å². The number of hydrogen-bond acceptors (Lipinski definition) is 6. The molecule has 27 heavy (non-hydrogen) atoms. The summed E-state index contributed by atoms with van der Waals surface area (Å²) in [6.07, 6.45) is 1.77. The van der Waals surface area contributed by atoms with Crippen LogP contribution in [-0.2, 0) is 4.79 Å². The number of aryl methyl sites for hydroxylation is 1. The van der Waals surface area contributed by atoms with Crippen molar-refractivity contribution in [3.05, 3.63) is 56.7 Å². The molecule has 4 rings (SSSR count). The molecule has 1 fully saturated rings. The molecule has 0 radical (unpaired) electrons. The Labute approximate surface area is 162 Å². The van der Waals surface area contributed by atoms with Gasteiger partial charge in [0.25, 0.3) is 0 Å². The minimum atomic E-state index is -0.547. The predicted octanol–water partition coefficient (Wildman–Crippen LogP) is 2.93. The molecule has 1 N–H and O–H groups in total. The van der Waals surface area contributed by atoms with E-state index in [0.717, 1.165) is 26.4 Å². The zero-order chi connectivity index (χ0) is 19.1. The summed E-state index contributed by atoms with van der Waals surface area (Å²) in [5, 5.41) is 18.3. The number of rotatable bonds is 4. The van der Waals surface area contributed by atoms with E-state index in [-0.39, 0.29) is 11.7 Å². The molecule has 0 saturated carbocycles. The average molecular weight is 431 g/mol. The van der Waals surface area contributed by atoms with E-state index < -0.39 is 11.0 Å². The van der Waals surface area contributed by atoms with Crippen LogP contribution < -0.4 is 10.2 Å². The largest absolute Gasteiger partial charge is 0.368 e. The number of fused-ring (bicyclic) bond motifs is 1. The molecule has 1 unspecified atom stereocenters. The van der Waals surface area contributed by atoms with E-state index in [4.69, 9.17) is 0 Å². The highest BCUT2D eigenvalue weighted by Gasteiger charge is 2.33. The highest BCUT2D eigenvalue weighted by Crippen LogP contribution is 2.27. The van der Waals surface area contributed by atoms with Crippen molar-refractivity contribution in [2.75, 3.05) is 16.8 Å². The van der Waals surface area contributed by atoms with Crippen LogP contribution in [0.15, 0.2) is 41.0 Å². The van der Waals surface area contributed by atoms with Crippen molar-refractivity contribution < 1.29 is 9.72 Å². The number of imidazole rings is 1. The molecule has 1 atom stereocenters. The Kier molecular flexibility index (Phi) is 4.27. The number of hydrogen-bond donors (Lipinski definition) is 1. The van der Waals surface area contributed by atoms with Crippen molar-refractivity contribution >= 4 is 44.8 Å². The number of halogens is 1. The highest BCUT2D eigenvalue weighted by atomic mass is 79.9. The SMILES string of the molecule is Cc1cc(N2CCC(Nc3ccc4ncc([N+](=O)[O-])n4n3)C2=O)ccc1Br. The number of aromatic nitrogens is 3. The first-order valence-electron chi connectivity index (χ1n) is 8.27. The number of nitro groups is 1. The van der Waals surface area contributed by atoms with Crippen molar-refractivity contribution in [3.63, 3.8) is 0 Å². The van der Waals surface area contributed by atoms with Crippen LogP contribution in [0.1, 0.15) is 12.0 Å². The lowest BCUT2D eigenvalue weighted by Gasteiger charge is -2.18. The van der Waals surface area contributed by atoms with E-state index >= 15 is 0 Å². The normalized spacial score (nSPS) is 16.9. The second-order valence-electron chi connectivity index (χ2n) is 6.27. The summed E-state index contributed by atoms with van der Waals surface area (Å²) in [5.74, 6) is 0.105. The fraction of sp³-hybridized carbons (Fsp3) is 0.235. The molecule has 9 nitrogen and oxygen atoms in total. The van der Waals surface area contributed by atoms with Crippen molar-refractivity contribution in [2.45, 2.75) is 19.4 Å².